The minimum absolute atomic E-state index is 0.229. The number of phenolic OH excluding ortho intramolecular Hbond substituents is 1. The molecule has 1 aliphatic carbocycles. The molecule has 2 aromatic carbocycles. The molecule has 1 unspecified atom stereocenters. The maximum atomic E-state index is 10.1. The van der Waals surface area contributed by atoms with Crippen LogP contribution in [-0.4, -0.2) is 29.1 Å². The molecule has 3 rings (SSSR count). The van der Waals surface area contributed by atoms with Crippen molar-refractivity contribution in [1.82, 2.24) is 0 Å². The molecule has 1 aliphatic rings. The number of nitrogens with zero attached hydrogens (tertiary/aromatic N) is 1. The fraction of sp³-hybridized carbons (Fsp3) is 0.389. The Morgan fingerprint density at radius 2 is 1.90 bits per heavy atom. The number of aromatic hydroxyl groups is 1. The predicted molar refractivity (Wildman–Crippen MR) is 86.0 cm³/mol. The Kier molecular flexibility index (Phi) is 4.20. The van der Waals surface area contributed by atoms with Crippen molar-refractivity contribution in [1.29, 1.82) is 0 Å². The smallest absolute Gasteiger partial charge is 0.124 e. The molecule has 2 N–H and O–H groups in total. The lowest BCUT2D eigenvalue weighted by Crippen LogP contribution is -2.20. The summed E-state index contributed by atoms with van der Waals surface area (Å²) in [6, 6.07) is 11.5. The minimum atomic E-state index is -0.360. The fourth-order valence-electron chi connectivity index (χ4n) is 3.16. The van der Waals surface area contributed by atoms with Crippen LogP contribution < -0.4 is 0 Å². The van der Waals surface area contributed by atoms with Crippen molar-refractivity contribution >= 4 is 17.0 Å². The molecule has 3 nitrogen and oxygen atoms in total. The summed E-state index contributed by atoms with van der Waals surface area (Å²) >= 11 is 0. The zero-order chi connectivity index (χ0) is 14.7. The number of hydrogen-bond acceptors (Lipinski definition) is 3. The fourth-order valence-corrected chi connectivity index (χ4v) is 3.16. The SMILES string of the molecule is Oc1ccc2ccccc2c1C=NCC(O)C1CCCC1. The monoisotopic (exact) mass is 283 g/mol. The highest BCUT2D eigenvalue weighted by Crippen LogP contribution is 2.28. The summed E-state index contributed by atoms with van der Waals surface area (Å²) < 4.78 is 0. The van der Waals surface area contributed by atoms with Crippen LogP contribution in [0, 0.1) is 5.92 Å². The van der Waals surface area contributed by atoms with Crippen LogP contribution in [0.2, 0.25) is 0 Å². The van der Waals surface area contributed by atoms with E-state index < -0.39 is 0 Å². The Bertz CT molecular complexity index is 645. The van der Waals surface area contributed by atoms with Crippen LogP contribution in [0.5, 0.6) is 5.75 Å². The van der Waals surface area contributed by atoms with E-state index in [1.807, 2.05) is 30.3 Å². The van der Waals surface area contributed by atoms with Crippen LogP contribution in [-0.2, 0) is 0 Å². The van der Waals surface area contributed by atoms with Gasteiger partial charge in [-0.3, -0.25) is 4.99 Å². The summed E-state index contributed by atoms with van der Waals surface area (Å²) in [5, 5.41) is 22.2. The Hall–Kier alpha value is -1.87. The van der Waals surface area contributed by atoms with E-state index in [9.17, 15) is 10.2 Å². The standard InChI is InChI=1S/C18H21NO2/c20-17-10-9-13-5-3-4-8-15(13)16(17)11-19-12-18(21)14-6-1-2-7-14/h3-5,8-11,14,18,20-21H,1-2,6-7,12H2. The number of aliphatic imine (C=N–C) groups is 1. The molecule has 21 heavy (non-hydrogen) atoms. The first-order chi connectivity index (χ1) is 10.3. The summed E-state index contributed by atoms with van der Waals surface area (Å²) in [5.74, 6) is 0.621. The van der Waals surface area contributed by atoms with Gasteiger partial charge in [-0.25, -0.2) is 0 Å². The van der Waals surface area contributed by atoms with E-state index in [4.69, 9.17) is 0 Å². The molecule has 110 valence electrons. The molecule has 0 aliphatic heterocycles. The van der Waals surface area contributed by atoms with Gasteiger partial charge in [-0.1, -0.05) is 43.2 Å². The van der Waals surface area contributed by atoms with Gasteiger partial charge in [0.05, 0.1) is 12.6 Å². The highest BCUT2D eigenvalue weighted by Gasteiger charge is 2.22. The van der Waals surface area contributed by atoms with Gasteiger partial charge in [-0.05, 0) is 35.6 Å². The highest BCUT2D eigenvalue weighted by molar-refractivity contribution is 6.02. The second-order valence-electron chi connectivity index (χ2n) is 5.83. The van der Waals surface area contributed by atoms with Crippen molar-refractivity contribution in [2.45, 2.75) is 31.8 Å². The minimum Gasteiger partial charge on any atom is -0.507 e. The van der Waals surface area contributed by atoms with Gasteiger partial charge < -0.3 is 10.2 Å². The summed E-state index contributed by atoms with van der Waals surface area (Å²) in [6.45, 7) is 0.410. The van der Waals surface area contributed by atoms with E-state index in [1.165, 1.54) is 12.8 Å². The number of rotatable bonds is 4. The normalized spacial score (nSPS) is 17.8. The molecule has 0 amide bonds. The van der Waals surface area contributed by atoms with Crippen LogP contribution in [0.25, 0.3) is 10.8 Å². The Morgan fingerprint density at radius 3 is 2.71 bits per heavy atom. The lowest BCUT2D eigenvalue weighted by atomic mass is 10.0. The molecule has 1 fully saturated rings. The number of phenols is 1. The molecule has 0 aromatic heterocycles. The predicted octanol–water partition coefficient (Wildman–Crippen LogP) is 3.52. The molecule has 2 aromatic rings. The third-order valence-corrected chi connectivity index (χ3v) is 4.40. The molecule has 0 saturated heterocycles. The van der Waals surface area contributed by atoms with E-state index >= 15 is 0 Å². The first-order valence-electron chi connectivity index (χ1n) is 7.64. The first kappa shape index (κ1) is 14.1. The summed E-state index contributed by atoms with van der Waals surface area (Å²) in [6.07, 6.45) is 5.98. The zero-order valence-corrected chi connectivity index (χ0v) is 12.1. The lowest BCUT2D eigenvalue weighted by molar-refractivity contribution is 0.119. The van der Waals surface area contributed by atoms with Gasteiger partial charge in [0.1, 0.15) is 5.75 Å². The van der Waals surface area contributed by atoms with Crippen LogP contribution in [0.1, 0.15) is 31.2 Å². The molecular weight excluding hydrogens is 262 g/mol. The van der Waals surface area contributed by atoms with Gasteiger partial charge in [0.25, 0.3) is 0 Å². The molecule has 1 atom stereocenters. The van der Waals surface area contributed by atoms with Crippen LogP contribution in [0.4, 0.5) is 0 Å². The average Bonchev–Trinajstić information content (AvgIpc) is 3.04. The number of fused-ring (bicyclic) bond motifs is 1. The summed E-state index contributed by atoms with van der Waals surface area (Å²) in [7, 11) is 0. The van der Waals surface area contributed by atoms with Crippen molar-refractivity contribution < 1.29 is 10.2 Å². The quantitative estimate of drug-likeness (QED) is 0.844. The molecule has 0 bridgehead atoms. The van der Waals surface area contributed by atoms with Crippen molar-refractivity contribution in [3.05, 3.63) is 42.0 Å². The van der Waals surface area contributed by atoms with Crippen molar-refractivity contribution in [2.24, 2.45) is 10.9 Å². The topological polar surface area (TPSA) is 52.8 Å². The third-order valence-electron chi connectivity index (χ3n) is 4.40. The summed E-state index contributed by atoms with van der Waals surface area (Å²) in [5.41, 5.74) is 0.728. The van der Waals surface area contributed by atoms with E-state index in [0.717, 1.165) is 29.2 Å². The second kappa shape index (κ2) is 6.27. The third kappa shape index (κ3) is 3.08. The lowest BCUT2D eigenvalue weighted by Gasteiger charge is -2.14. The maximum absolute atomic E-state index is 10.1. The Morgan fingerprint density at radius 1 is 1.14 bits per heavy atom. The zero-order valence-electron chi connectivity index (χ0n) is 12.1. The van der Waals surface area contributed by atoms with Gasteiger partial charge in [0, 0.05) is 11.8 Å². The number of aliphatic hydroxyl groups excluding tert-OH is 1. The van der Waals surface area contributed by atoms with Crippen molar-refractivity contribution in [3.63, 3.8) is 0 Å². The molecule has 0 heterocycles. The van der Waals surface area contributed by atoms with Gasteiger partial charge >= 0.3 is 0 Å². The highest BCUT2D eigenvalue weighted by atomic mass is 16.3. The summed E-state index contributed by atoms with van der Waals surface area (Å²) in [4.78, 5) is 4.36. The van der Waals surface area contributed by atoms with Crippen molar-refractivity contribution in [3.8, 4) is 5.75 Å². The molecule has 0 radical (unpaired) electrons. The number of aliphatic hydroxyl groups is 1. The number of hydrogen-bond donors (Lipinski definition) is 2. The van der Waals surface area contributed by atoms with Gasteiger partial charge in [0.2, 0.25) is 0 Å². The molecular formula is C18H21NO2. The van der Waals surface area contributed by atoms with Gasteiger partial charge in [-0.2, -0.15) is 0 Å². The number of benzene rings is 2. The molecule has 1 saturated carbocycles. The first-order valence-corrected chi connectivity index (χ1v) is 7.64. The van der Waals surface area contributed by atoms with Crippen molar-refractivity contribution in [2.75, 3.05) is 6.54 Å². The molecule has 0 spiro atoms. The van der Waals surface area contributed by atoms with Crippen LogP contribution in [0.3, 0.4) is 0 Å². The van der Waals surface area contributed by atoms with E-state index in [0.29, 0.717) is 12.5 Å². The average molecular weight is 283 g/mol. The Labute approximate surface area is 125 Å². The van der Waals surface area contributed by atoms with E-state index in [2.05, 4.69) is 4.99 Å². The van der Waals surface area contributed by atoms with Crippen LogP contribution >= 0.6 is 0 Å². The van der Waals surface area contributed by atoms with Gasteiger partial charge in [-0.15, -0.1) is 0 Å². The van der Waals surface area contributed by atoms with E-state index in [-0.39, 0.29) is 11.9 Å². The largest absolute Gasteiger partial charge is 0.507 e. The van der Waals surface area contributed by atoms with E-state index in [1.54, 1.807) is 12.3 Å². The Balaban J connectivity index is 1.77. The van der Waals surface area contributed by atoms with Gasteiger partial charge in [0.15, 0.2) is 0 Å². The second-order valence-corrected chi connectivity index (χ2v) is 5.83. The van der Waals surface area contributed by atoms with Crippen LogP contribution in [0.15, 0.2) is 41.4 Å². The molecule has 3 heteroatoms. The maximum Gasteiger partial charge on any atom is 0.124 e.